The van der Waals surface area contributed by atoms with E-state index in [2.05, 4.69) is 82.8 Å². The number of nitrogens with one attached hydrogen (secondary N) is 1. The summed E-state index contributed by atoms with van der Waals surface area (Å²) < 4.78 is 11.2. The molecule has 14 heteroatoms. The number of benzene rings is 2. The van der Waals surface area contributed by atoms with Crippen LogP contribution < -0.4 is 10.2 Å². The average molecular weight is 955 g/mol. The molecule has 2 aromatic carbocycles. The van der Waals surface area contributed by atoms with Crippen molar-refractivity contribution in [2.45, 2.75) is 39.5 Å². The number of hydrogen-bond donors (Lipinski definition) is 1. The second kappa shape index (κ2) is 16.9. The highest BCUT2D eigenvalue weighted by atomic mass is 127. The SMILES string of the molecule is CC(C)(C)OC(=O)N(Cc1cccnc1)c1cc(-c2ccccc2)nc2c(I)cnn12.Ic1cnn2c(NCc3cccnc3)cc(-c3ccccc3)nc12. The van der Waals surface area contributed by atoms with E-state index in [1.165, 1.54) is 0 Å². The van der Waals surface area contributed by atoms with Gasteiger partial charge in [0.2, 0.25) is 0 Å². The minimum Gasteiger partial charge on any atom is -0.443 e. The summed E-state index contributed by atoms with van der Waals surface area (Å²) in [7, 11) is 0. The van der Waals surface area contributed by atoms with Crippen molar-refractivity contribution < 1.29 is 9.53 Å². The fourth-order valence-corrected chi connectivity index (χ4v) is 6.56. The number of carbonyl (C=O) groups is 1. The lowest BCUT2D eigenvalue weighted by Crippen LogP contribution is -2.37. The summed E-state index contributed by atoms with van der Waals surface area (Å²) in [5, 5.41) is 12.4. The molecule has 6 aromatic heterocycles. The van der Waals surface area contributed by atoms with Gasteiger partial charge < -0.3 is 10.1 Å². The van der Waals surface area contributed by atoms with Gasteiger partial charge in [-0.25, -0.2) is 14.8 Å². The Labute approximate surface area is 345 Å². The summed E-state index contributed by atoms with van der Waals surface area (Å²) in [5.74, 6) is 1.48. The zero-order valence-corrected chi connectivity index (χ0v) is 34.5. The highest BCUT2D eigenvalue weighted by molar-refractivity contribution is 14.1. The molecule has 0 atom stereocenters. The third kappa shape index (κ3) is 9.25. The lowest BCUT2D eigenvalue weighted by Gasteiger charge is -2.28. The number of anilines is 2. The molecule has 0 aliphatic heterocycles. The van der Waals surface area contributed by atoms with Crippen molar-refractivity contribution >= 4 is 74.2 Å². The molecule has 8 rings (SSSR count). The Morgan fingerprint density at radius 1 is 0.709 bits per heavy atom. The molecule has 1 amide bonds. The molecule has 0 aliphatic carbocycles. The predicted molar refractivity (Wildman–Crippen MR) is 230 cm³/mol. The minimum absolute atomic E-state index is 0.284. The van der Waals surface area contributed by atoms with Crippen LogP contribution in [0, 0.1) is 7.14 Å². The number of halogens is 2. The molecule has 0 saturated carbocycles. The second-order valence-electron chi connectivity index (χ2n) is 13.4. The highest BCUT2D eigenvalue weighted by Crippen LogP contribution is 2.29. The number of hydrogen-bond acceptors (Lipinski definition) is 9. The molecule has 0 spiro atoms. The van der Waals surface area contributed by atoms with Crippen LogP contribution in [-0.4, -0.2) is 50.9 Å². The third-order valence-electron chi connectivity index (χ3n) is 8.13. The van der Waals surface area contributed by atoms with Crippen molar-refractivity contribution in [1.82, 2.24) is 39.2 Å². The topological polar surface area (TPSA) is 128 Å². The van der Waals surface area contributed by atoms with E-state index in [0.29, 0.717) is 18.0 Å². The van der Waals surface area contributed by atoms with E-state index in [0.717, 1.165) is 52.2 Å². The van der Waals surface area contributed by atoms with Crippen LogP contribution in [0.1, 0.15) is 31.9 Å². The Morgan fingerprint density at radius 2 is 1.25 bits per heavy atom. The van der Waals surface area contributed by atoms with Gasteiger partial charge in [0.15, 0.2) is 11.3 Å². The van der Waals surface area contributed by atoms with Crippen LogP contribution in [0.25, 0.3) is 33.8 Å². The zero-order valence-electron chi connectivity index (χ0n) is 30.2. The van der Waals surface area contributed by atoms with Crippen molar-refractivity contribution in [3.8, 4) is 22.5 Å². The maximum atomic E-state index is 13.3. The highest BCUT2D eigenvalue weighted by Gasteiger charge is 2.27. The van der Waals surface area contributed by atoms with Gasteiger partial charge in [-0.2, -0.15) is 19.2 Å². The molecular weight excluding hydrogens is 918 g/mol. The van der Waals surface area contributed by atoms with Gasteiger partial charge >= 0.3 is 6.09 Å². The summed E-state index contributed by atoms with van der Waals surface area (Å²) in [4.78, 5) is 32.7. The van der Waals surface area contributed by atoms with Gasteiger partial charge in [-0.1, -0.05) is 72.8 Å². The fraction of sp³-hybridized carbons (Fsp3) is 0.146. The average Bonchev–Trinajstić information content (AvgIpc) is 3.78. The van der Waals surface area contributed by atoms with Gasteiger partial charge in [-0.15, -0.1) is 0 Å². The molecule has 0 bridgehead atoms. The van der Waals surface area contributed by atoms with Gasteiger partial charge in [0, 0.05) is 54.6 Å². The Morgan fingerprint density at radius 3 is 1.82 bits per heavy atom. The number of pyridine rings is 2. The zero-order chi connectivity index (χ0) is 38.4. The van der Waals surface area contributed by atoms with Crippen LogP contribution >= 0.6 is 45.2 Å². The van der Waals surface area contributed by atoms with E-state index in [1.54, 1.807) is 34.2 Å². The van der Waals surface area contributed by atoms with Crippen LogP contribution in [0.2, 0.25) is 0 Å². The van der Waals surface area contributed by atoms with Gasteiger partial charge in [0.1, 0.15) is 17.2 Å². The summed E-state index contributed by atoms with van der Waals surface area (Å²) in [6.45, 7) is 6.51. The summed E-state index contributed by atoms with van der Waals surface area (Å²) >= 11 is 4.46. The lowest BCUT2D eigenvalue weighted by molar-refractivity contribution is 0.0575. The van der Waals surface area contributed by atoms with Gasteiger partial charge in [0.05, 0.1) is 37.5 Å². The van der Waals surface area contributed by atoms with Crippen molar-refractivity contribution in [3.63, 3.8) is 0 Å². The summed E-state index contributed by atoms with van der Waals surface area (Å²) in [5.41, 5.74) is 6.60. The Kier molecular flexibility index (Phi) is 11.6. The van der Waals surface area contributed by atoms with Crippen LogP contribution in [0.3, 0.4) is 0 Å². The number of aromatic nitrogens is 8. The third-order valence-corrected chi connectivity index (χ3v) is 9.65. The maximum Gasteiger partial charge on any atom is 0.416 e. The van der Waals surface area contributed by atoms with Crippen LogP contribution in [0.4, 0.5) is 16.4 Å². The van der Waals surface area contributed by atoms with Gasteiger partial charge in [-0.05, 0) is 89.2 Å². The molecule has 0 aliphatic rings. The first-order valence-corrected chi connectivity index (χ1v) is 19.5. The first-order chi connectivity index (χ1) is 26.6. The smallest absolute Gasteiger partial charge is 0.416 e. The Hall–Kier alpha value is -5.49. The van der Waals surface area contributed by atoms with Crippen molar-refractivity contribution in [2.75, 3.05) is 10.2 Å². The first kappa shape index (κ1) is 37.8. The Bertz CT molecular complexity index is 2530. The van der Waals surface area contributed by atoms with Crippen molar-refractivity contribution in [1.29, 1.82) is 0 Å². The standard InChI is InChI=1S/C23H22IN5O2.C18H14IN5/c1-23(2,3)31-22(30)28(15-16-8-7-11-25-13-16)20-12-19(17-9-5-4-6-10-17)27-21-18(24)14-26-29(20)21;19-15-12-22-24-17(21-11-13-5-4-8-20-10-13)9-16(23-18(15)24)14-6-2-1-3-7-14/h4-14H,15H2,1-3H3;1-10,12,21H,11H2. The molecule has 8 aromatic rings. The van der Waals surface area contributed by atoms with Crippen LogP contribution in [0.5, 0.6) is 0 Å². The maximum absolute atomic E-state index is 13.3. The van der Waals surface area contributed by atoms with Gasteiger partial charge in [-0.3, -0.25) is 14.9 Å². The molecular formula is C41H36I2N10O2. The predicted octanol–water partition coefficient (Wildman–Crippen LogP) is 9.35. The molecule has 6 heterocycles. The molecule has 1 N–H and O–H groups in total. The van der Waals surface area contributed by atoms with E-state index in [-0.39, 0.29) is 6.54 Å². The number of fused-ring (bicyclic) bond motifs is 2. The van der Waals surface area contributed by atoms with Crippen molar-refractivity contribution in [2.24, 2.45) is 0 Å². The molecule has 12 nitrogen and oxygen atoms in total. The normalized spacial score (nSPS) is 11.2. The number of nitrogens with zero attached hydrogens (tertiary/aromatic N) is 9. The quantitative estimate of drug-likeness (QED) is 0.148. The summed E-state index contributed by atoms with van der Waals surface area (Å²) in [6, 6.07) is 31.7. The number of ether oxygens (including phenoxy) is 1. The molecule has 0 saturated heterocycles. The van der Waals surface area contributed by atoms with Crippen molar-refractivity contribution in [3.05, 3.63) is 153 Å². The molecule has 55 heavy (non-hydrogen) atoms. The fourth-order valence-electron chi connectivity index (χ4n) is 5.61. The second-order valence-corrected chi connectivity index (χ2v) is 15.7. The number of amides is 1. The molecule has 0 radical (unpaired) electrons. The minimum atomic E-state index is -0.642. The number of carbonyl (C=O) groups excluding carboxylic acids is 1. The van der Waals surface area contributed by atoms with E-state index in [9.17, 15) is 4.79 Å². The lowest BCUT2D eigenvalue weighted by atomic mass is 10.1. The molecule has 276 valence electrons. The van der Waals surface area contributed by atoms with Gasteiger partial charge in [0.25, 0.3) is 0 Å². The molecule has 0 fully saturated rings. The first-order valence-electron chi connectivity index (χ1n) is 17.3. The van der Waals surface area contributed by atoms with E-state index >= 15 is 0 Å². The number of rotatable bonds is 8. The van der Waals surface area contributed by atoms with E-state index in [4.69, 9.17) is 14.7 Å². The Balaban J connectivity index is 0.000000174. The largest absolute Gasteiger partial charge is 0.443 e. The van der Waals surface area contributed by atoms with E-state index < -0.39 is 11.7 Å². The molecule has 0 unspecified atom stereocenters. The van der Waals surface area contributed by atoms with Crippen LogP contribution in [-0.2, 0) is 17.8 Å². The van der Waals surface area contributed by atoms with Crippen LogP contribution in [0.15, 0.2) is 134 Å². The van der Waals surface area contributed by atoms with E-state index in [1.807, 2.05) is 123 Å². The monoisotopic (exact) mass is 954 g/mol. The summed E-state index contributed by atoms with van der Waals surface area (Å²) in [6.07, 6.45) is 10.2.